The molecule has 0 aromatic heterocycles. The van der Waals surface area contributed by atoms with Crippen LogP contribution in [-0.2, 0) is 6.54 Å². The summed E-state index contributed by atoms with van der Waals surface area (Å²) in [6.45, 7) is 4.57. The summed E-state index contributed by atoms with van der Waals surface area (Å²) in [4.78, 5) is 0. The molecule has 0 bridgehead atoms. The lowest BCUT2D eigenvalue weighted by atomic mass is 10.2. The van der Waals surface area contributed by atoms with Gasteiger partial charge in [-0.15, -0.1) is 0 Å². The minimum atomic E-state index is -0.272. The molecule has 0 saturated heterocycles. The highest BCUT2D eigenvalue weighted by atomic mass is 32.1. The summed E-state index contributed by atoms with van der Waals surface area (Å²) >= 11 is 5.22. The summed E-state index contributed by atoms with van der Waals surface area (Å²) in [5, 5.41) is 6.61. The Morgan fingerprint density at radius 2 is 1.91 bits per heavy atom. The zero-order valence-electron chi connectivity index (χ0n) is 12.6. The summed E-state index contributed by atoms with van der Waals surface area (Å²) in [6, 6.07) is 13.9. The SMILES string of the molecule is CC(C)Oc1cccc(CNC(=S)Nc2ccc(F)cc2)c1. The average Bonchev–Trinajstić information content (AvgIpc) is 2.47. The Bertz CT molecular complexity index is 629. The molecule has 0 fully saturated rings. The molecule has 22 heavy (non-hydrogen) atoms. The van der Waals surface area contributed by atoms with Crippen LogP contribution in [-0.4, -0.2) is 11.2 Å². The third-order valence-electron chi connectivity index (χ3n) is 2.83. The normalized spacial score (nSPS) is 10.4. The topological polar surface area (TPSA) is 33.3 Å². The van der Waals surface area contributed by atoms with Crippen molar-refractivity contribution in [3.63, 3.8) is 0 Å². The fourth-order valence-electron chi connectivity index (χ4n) is 1.89. The summed E-state index contributed by atoms with van der Waals surface area (Å²) in [5.74, 6) is 0.568. The second-order valence-electron chi connectivity index (χ2n) is 5.13. The van der Waals surface area contributed by atoms with E-state index in [1.807, 2.05) is 38.1 Å². The van der Waals surface area contributed by atoms with Gasteiger partial charge in [0.2, 0.25) is 0 Å². The lowest BCUT2D eigenvalue weighted by Crippen LogP contribution is -2.27. The number of rotatable bonds is 5. The van der Waals surface area contributed by atoms with Crippen molar-refractivity contribution in [3.05, 3.63) is 59.9 Å². The molecule has 0 amide bonds. The first-order valence-electron chi connectivity index (χ1n) is 7.09. The van der Waals surface area contributed by atoms with Crippen LogP contribution in [0.1, 0.15) is 19.4 Å². The second kappa shape index (κ2) is 7.75. The van der Waals surface area contributed by atoms with Gasteiger partial charge in [-0.2, -0.15) is 0 Å². The first-order valence-corrected chi connectivity index (χ1v) is 7.50. The van der Waals surface area contributed by atoms with Crippen LogP contribution in [0.4, 0.5) is 10.1 Å². The van der Waals surface area contributed by atoms with Gasteiger partial charge >= 0.3 is 0 Å². The Balaban J connectivity index is 1.86. The molecule has 2 rings (SSSR count). The maximum absolute atomic E-state index is 12.8. The van der Waals surface area contributed by atoms with Crippen LogP contribution in [0.25, 0.3) is 0 Å². The molecule has 0 aliphatic carbocycles. The number of halogens is 1. The molecule has 0 spiro atoms. The highest BCUT2D eigenvalue weighted by Gasteiger charge is 2.01. The maximum Gasteiger partial charge on any atom is 0.171 e. The summed E-state index contributed by atoms with van der Waals surface area (Å²) < 4.78 is 18.5. The fraction of sp³-hybridized carbons (Fsp3) is 0.235. The number of hydrogen-bond acceptors (Lipinski definition) is 2. The average molecular weight is 318 g/mol. The Morgan fingerprint density at radius 3 is 2.59 bits per heavy atom. The smallest absolute Gasteiger partial charge is 0.171 e. The maximum atomic E-state index is 12.8. The largest absolute Gasteiger partial charge is 0.491 e. The van der Waals surface area contributed by atoms with Crippen molar-refractivity contribution >= 4 is 23.0 Å². The van der Waals surface area contributed by atoms with Gasteiger partial charge in [-0.25, -0.2) is 4.39 Å². The Morgan fingerprint density at radius 1 is 1.18 bits per heavy atom. The van der Waals surface area contributed by atoms with E-state index in [4.69, 9.17) is 17.0 Å². The molecule has 3 nitrogen and oxygen atoms in total. The number of hydrogen-bond donors (Lipinski definition) is 2. The van der Waals surface area contributed by atoms with Gasteiger partial charge in [0, 0.05) is 12.2 Å². The molecule has 0 heterocycles. The van der Waals surface area contributed by atoms with Crippen molar-refractivity contribution in [2.45, 2.75) is 26.5 Å². The number of benzene rings is 2. The molecule has 0 aliphatic rings. The Kier molecular flexibility index (Phi) is 5.72. The second-order valence-corrected chi connectivity index (χ2v) is 5.54. The molecule has 2 aromatic rings. The van der Waals surface area contributed by atoms with Gasteiger partial charge < -0.3 is 15.4 Å². The highest BCUT2D eigenvalue weighted by molar-refractivity contribution is 7.80. The van der Waals surface area contributed by atoms with Gasteiger partial charge in [-0.05, 0) is 68.0 Å². The zero-order valence-corrected chi connectivity index (χ0v) is 13.4. The van der Waals surface area contributed by atoms with E-state index in [0.717, 1.165) is 17.0 Å². The van der Waals surface area contributed by atoms with Crippen LogP contribution < -0.4 is 15.4 Å². The predicted molar refractivity (Wildman–Crippen MR) is 91.7 cm³/mol. The van der Waals surface area contributed by atoms with Crippen molar-refractivity contribution in [1.29, 1.82) is 0 Å². The number of anilines is 1. The van der Waals surface area contributed by atoms with E-state index >= 15 is 0 Å². The molecule has 116 valence electrons. The van der Waals surface area contributed by atoms with Gasteiger partial charge in [0.25, 0.3) is 0 Å². The van der Waals surface area contributed by atoms with Crippen LogP contribution in [0.2, 0.25) is 0 Å². The molecular formula is C17H19FN2OS. The molecule has 0 saturated carbocycles. The van der Waals surface area contributed by atoms with Crippen LogP contribution in [0.5, 0.6) is 5.75 Å². The van der Waals surface area contributed by atoms with E-state index in [1.54, 1.807) is 12.1 Å². The van der Waals surface area contributed by atoms with Crippen molar-refractivity contribution in [3.8, 4) is 5.75 Å². The lowest BCUT2D eigenvalue weighted by Gasteiger charge is -2.13. The lowest BCUT2D eigenvalue weighted by molar-refractivity contribution is 0.242. The fourth-order valence-corrected chi connectivity index (χ4v) is 2.08. The van der Waals surface area contributed by atoms with Crippen LogP contribution in [0, 0.1) is 5.82 Å². The van der Waals surface area contributed by atoms with E-state index in [2.05, 4.69) is 10.6 Å². The standard InChI is InChI=1S/C17H19FN2OS/c1-12(2)21-16-5-3-4-13(10-16)11-19-17(22)20-15-8-6-14(18)7-9-15/h3-10,12H,11H2,1-2H3,(H2,19,20,22). The van der Waals surface area contributed by atoms with E-state index in [9.17, 15) is 4.39 Å². The van der Waals surface area contributed by atoms with E-state index in [0.29, 0.717) is 11.7 Å². The van der Waals surface area contributed by atoms with E-state index < -0.39 is 0 Å². The first kappa shape index (κ1) is 16.2. The molecule has 2 N–H and O–H groups in total. The zero-order chi connectivity index (χ0) is 15.9. The van der Waals surface area contributed by atoms with Crippen molar-refractivity contribution < 1.29 is 9.13 Å². The first-order chi connectivity index (χ1) is 10.5. The molecule has 2 aromatic carbocycles. The molecule has 5 heteroatoms. The van der Waals surface area contributed by atoms with Gasteiger partial charge in [-0.1, -0.05) is 12.1 Å². The molecular weight excluding hydrogens is 299 g/mol. The van der Waals surface area contributed by atoms with Crippen molar-refractivity contribution in [2.75, 3.05) is 5.32 Å². The van der Waals surface area contributed by atoms with E-state index in [-0.39, 0.29) is 11.9 Å². The molecule has 0 atom stereocenters. The number of nitrogens with one attached hydrogen (secondary N) is 2. The predicted octanol–water partition coefficient (Wildman–Crippen LogP) is 4.10. The van der Waals surface area contributed by atoms with Gasteiger partial charge in [-0.3, -0.25) is 0 Å². The monoisotopic (exact) mass is 318 g/mol. The van der Waals surface area contributed by atoms with Crippen LogP contribution in [0.15, 0.2) is 48.5 Å². The molecule has 0 radical (unpaired) electrons. The van der Waals surface area contributed by atoms with Gasteiger partial charge in [0.05, 0.1) is 6.10 Å². The van der Waals surface area contributed by atoms with Crippen molar-refractivity contribution in [1.82, 2.24) is 5.32 Å². The van der Waals surface area contributed by atoms with Crippen LogP contribution >= 0.6 is 12.2 Å². The Hall–Kier alpha value is -2.14. The summed E-state index contributed by atoms with van der Waals surface area (Å²) in [7, 11) is 0. The molecule has 0 aliphatic heterocycles. The number of ether oxygens (including phenoxy) is 1. The minimum absolute atomic E-state index is 0.143. The molecule has 0 unspecified atom stereocenters. The van der Waals surface area contributed by atoms with Gasteiger partial charge in [0.1, 0.15) is 11.6 Å². The van der Waals surface area contributed by atoms with Crippen LogP contribution in [0.3, 0.4) is 0 Å². The third-order valence-corrected chi connectivity index (χ3v) is 3.07. The quantitative estimate of drug-likeness (QED) is 0.813. The van der Waals surface area contributed by atoms with Gasteiger partial charge in [0.15, 0.2) is 5.11 Å². The number of thiocarbonyl (C=S) groups is 1. The third kappa shape index (κ3) is 5.33. The minimum Gasteiger partial charge on any atom is -0.491 e. The highest BCUT2D eigenvalue weighted by Crippen LogP contribution is 2.15. The van der Waals surface area contributed by atoms with Crippen molar-refractivity contribution in [2.24, 2.45) is 0 Å². The Labute approximate surface area is 135 Å². The summed E-state index contributed by atoms with van der Waals surface area (Å²) in [5.41, 5.74) is 1.82. The summed E-state index contributed by atoms with van der Waals surface area (Å²) in [6.07, 6.45) is 0.143. The van der Waals surface area contributed by atoms with E-state index in [1.165, 1.54) is 12.1 Å².